The van der Waals surface area contributed by atoms with E-state index in [0.717, 1.165) is 11.6 Å². The van der Waals surface area contributed by atoms with Crippen LogP contribution in [0.25, 0.3) is 6.08 Å². The molecule has 0 saturated carbocycles. The minimum absolute atomic E-state index is 0.183. The molecule has 188 valence electrons. The molecule has 0 radical (unpaired) electrons. The first-order chi connectivity index (χ1) is 17.0. The molecule has 0 aliphatic rings. The zero-order valence-corrected chi connectivity index (χ0v) is 19.5. The lowest BCUT2D eigenvalue weighted by Crippen LogP contribution is -2.20. The molecule has 0 saturated heterocycles. The van der Waals surface area contributed by atoms with Crippen LogP contribution in [0.2, 0.25) is 0 Å². The SMILES string of the molecule is C/C=C\c1c(C)cc(C(=O)NC)nc1Oc1ccc(NC(=O)Nc2ccc(F)c(C(F)(F)F)c2)cc1. The maximum atomic E-state index is 13.4. The molecule has 0 aliphatic carbocycles. The number of hydrogen-bond donors (Lipinski definition) is 3. The van der Waals surface area contributed by atoms with Crippen LogP contribution in [0.3, 0.4) is 0 Å². The van der Waals surface area contributed by atoms with Crippen LogP contribution in [0.5, 0.6) is 11.6 Å². The van der Waals surface area contributed by atoms with Crippen LogP contribution in [-0.4, -0.2) is 24.0 Å². The number of carbonyl (C=O) groups is 2. The summed E-state index contributed by atoms with van der Waals surface area (Å²) in [6.45, 7) is 3.65. The van der Waals surface area contributed by atoms with Gasteiger partial charge in [0, 0.05) is 24.0 Å². The highest BCUT2D eigenvalue weighted by molar-refractivity contribution is 5.99. The summed E-state index contributed by atoms with van der Waals surface area (Å²) < 4.78 is 57.9. The number of carbonyl (C=O) groups excluding carboxylic acids is 2. The molecule has 3 aromatic rings. The van der Waals surface area contributed by atoms with Crippen molar-refractivity contribution < 1.29 is 31.9 Å². The number of benzene rings is 2. The van der Waals surface area contributed by atoms with Crippen molar-refractivity contribution in [2.45, 2.75) is 20.0 Å². The predicted octanol–water partition coefficient (Wildman–Crippen LogP) is 6.38. The van der Waals surface area contributed by atoms with Gasteiger partial charge in [-0.1, -0.05) is 12.2 Å². The standard InChI is InChI=1S/C25H22F4N4O3/c1-4-5-18-14(2)12-21(22(34)30-3)33-23(18)36-17-9-6-15(7-10-17)31-24(35)32-16-8-11-20(26)19(13-16)25(27,28)29/h4-13H,1-3H3,(H,30,34)(H2,31,32,35)/b5-4-. The third-order valence-corrected chi connectivity index (χ3v) is 4.88. The molecule has 0 spiro atoms. The molecule has 1 aromatic heterocycles. The summed E-state index contributed by atoms with van der Waals surface area (Å²) in [5.74, 6) is -1.24. The van der Waals surface area contributed by atoms with Gasteiger partial charge in [-0.2, -0.15) is 13.2 Å². The van der Waals surface area contributed by atoms with Gasteiger partial charge in [0.05, 0.1) is 5.56 Å². The van der Waals surface area contributed by atoms with Crippen molar-refractivity contribution in [1.29, 1.82) is 0 Å². The Morgan fingerprint density at radius 1 is 1.00 bits per heavy atom. The van der Waals surface area contributed by atoms with Crippen LogP contribution in [0.4, 0.5) is 33.7 Å². The minimum atomic E-state index is -4.89. The number of pyridine rings is 1. The lowest BCUT2D eigenvalue weighted by Gasteiger charge is -2.13. The summed E-state index contributed by atoms with van der Waals surface area (Å²) in [6.07, 6.45) is -1.29. The van der Waals surface area contributed by atoms with Gasteiger partial charge in [-0.15, -0.1) is 0 Å². The van der Waals surface area contributed by atoms with E-state index in [4.69, 9.17) is 4.74 Å². The fourth-order valence-corrected chi connectivity index (χ4v) is 3.18. The van der Waals surface area contributed by atoms with Crippen molar-refractivity contribution in [2.24, 2.45) is 0 Å². The number of anilines is 2. The van der Waals surface area contributed by atoms with Crippen molar-refractivity contribution in [3.8, 4) is 11.6 Å². The Kier molecular flexibility index (Phi) is 7.93. The number of amides is 3. The Hall–Kier alpha value is -4.41. The highest BCUT2D eigenvalue weighted by atomic mass is 19.4. The fourth-order valence-electron chi connectivity index (χ4n) is 3.18. The number of rotatable bonds is 6. The number of halogens is 4. The first kappa shape index (κ1) is 26.2. The molecule has 1 heterocycles. The number of ether oxygens (including phenoxy) is 1. The summed E-state index contributed by atoms with van der Waals surface area (Å²) in [6, 6.07) is 9.07. The molecule has 0 atom stereocenters. The Labute approximate surface area is 204 Å². The van der Waals surface area contributed by atoms with E-state index in [2.05, 4.69) is 20.9 Å². The molecule has 3 amide bonds. The van der Waals surface area contributed by atoms with Crippen LogP contribution in [0.15, 0.2) is 54.6 Å². The Bertz CT molecular complexity index is 1310. The van der Waals surface area contributed by atoms with Crippen LogP contribution in [0.1, 0.15) is 34.1 Å². The normalized spacial score (nSPS) is 11.3. The Balaban J connectivity index is 1.73. The lowest BCUT2D eigenvalue weighted by atomic mass is 10.1. The lowest BCUT2D eigenvalue weighted by molar-refractivity contribution is -0.139. The van der Waals surface area contributed by atoms with Crippen molar-refractivity contribution in [3.05, 3.63) is 82.8 Å². The summed E-state index contributed by atoms with van der Waals surface area (Å²) >= 11 is 0. The summed E-state index contributed by atoms with van der Waals surface area (Å²) in [5.41, 5.74) is 0.251. The van der Waals surface area contributed by atoms with E-state index < -0.39 is 23.6 Å². The molecule has 7 nitrogen and oxygen atoms in total. The molecular weight excluding hydrogens is 480 g/mol. The molecule has 0 unspecified atom stereocenters. The maximum Gasteiger partial charge on any atom is 0.419 e. The van der Waals surface area contributed by atoms with Gasteiger partial charge >= 0.3 is 12.2 Å². The first-order valence-electron chi connectivity index (χ1n) is 10.6. The van der Waals surface area contributed by atoms with Crippen molar-refractivity contribution in [2.75, 3.05) is 17.7 Å². The second kappa shape index (κ2) is 10.9. The van der Waals surface area contributed by atoms with Gasteiger partial charge in [0.1, 0.15) is 17.3 Å². The van der Waals surface area contributed by atoms with Gasteiger partial charge in [-0.3, -0.25) is 4.79 Å². The molecule has 36 heavy (non-hydrogen) atoms. The van der Waals surface area contributed by atoms with E-state index in [-0.39, 0.29) is 23.2 Å². The number of alkyl halides is 3. The van der Waals surface area contributed by atoms with Gasteiger partial charge in [0.25, 0.3) is 5.91 Å². The van der Waals surface area contributed by atoms with E-state index in [9.17, 15) is 27.2 Å². The molecule has 2 aromatic carbocycles. The third-order valence-electron chi connectivity index (χ3n) is 4.88. The second-order valence-electron chi connectivity index (χ2n) is 7.52. The van der Waals surface area contributed by atoms with Gasteiger partial charge < -0.3 is 20.7 Å². The van der Waals surface area contributed by atoms with Crippen LogP contribution in [-0.2, 0) is 6.18 Å². The van der Waals surface area contributed by atoms with Gasteiger partial charge in [0.15, 0.2) is 0 Å². The zero-order chi connectivity index (χ0) is 26.5. The van der Waals surface area contributed by atoms with E-state index in [1.54, 1.807) is 18.2 Å². The number of hydrogen-bond acceptors (Lipinski definition) is 4. The number of urea groups is 1. The molecule has 3 rings (SSSR count). The van der Waals surface area contributed by atoms with Gasteiger partial charge in [-0.05, 0) is 67.9 Å². The third kappa shape index (κ3) is 6.38. The smallest absolute Gasteiger partial charge is 0.419 e. The second-order valence-corrected chi connectivity index (χ2v) is 7.52. The number of aromatic nitrogens is 1. The molecule has 11 heteroatoms. The van der Waals surface area contributed by atoms with E-state index >= 15 is 0 Å². The highest BCUT2D eigenvalue weighted by Gasteiger charge is 2.34. The van der Waals surface area contributed by atoms with Crippen LogP contribution in [0, 0.1) is 12.7 Å². The number of nitrogens with one attached hydrogen (secondary N) is 3. The molecule has 3 N–H and O–H groups in total. The monoisotopic (exact) mass is 502 g/mol. The maximum absolute atomic E-state index is 13.4. The Morgan fingerprint density at radius 3 is 2.25 bits per heavy atom. The molecule has 0 fully saturated rings. The summed E-state index contributed by atoms with van der Waals surface area (Å²) in [4.78, 5) is 28.5. The molecular formula is C25H22F4N4O3. The topological polar surface area (TPSA) is 92.3 Å². The zero-order valence-electron chi connectivity index (χ0n) is 19.5. The Morgan fingerprint density at radius 2 is 1.64 bits per heavy atom. The summed E-state index contributed by atoms with van der Waals surface area (Å²) in [7, 11) is 1.49. The number of nitrogens with zero attached hydrogens (tertiary/aromatic N) is 1. The first-order valence-corrected chi connectivity index (χ1v) is 10.6. The molecule has 0 bridgehead atoms. The van der Waals surface area contributed by atoms with E-state index in [0.29, 0.717) is 29.1 Å². The highest BCUT2D eigenvalue weighted by Crippen LogP contribution is 2.33. The predicted molar refractivity (Wildman–Crippen MR) is 128 cm³/mol. The van der Waals surface area contributed by atoms with Crippen molar-refractivity contribution in [3.63, 3.8) is 0 Å². The average molecular weight is 502 g/mol. The van der Waals surface area contributed by atoms with Crippen LogP contribution < -0.4 is 20.7 Å². The van der Waals surface area contributed by atoms with Crippen LogP contribution >= 0.6 is 0 Å². The largest absolute Gasteiger partial charge is 0.438 e. The summed E-state index contributed by atoms with van der Waals surface area (Å²) in [5, 5.41) is 7.21. The average Bonchev–Trinajstić information content (AvgIpc) is 2.82. The minimum Gasteiger partial charge on any atom is -0.438 e. The van der Waals surface area contributed by atoms with Crippen molar-refractivity contribution in [1.82, 2.24) is 10.3 Å². The number of aryl methyl sites for hydroxylation is 1. The number of allylic oxidation sites excluding steroid dienone is 1. The fraction of sp³-hybridized carbons (Fsp3) is 0.160. The quantitative estimate of drug-likeness (QED) is 0.341. The van der Waals surface area contributed by atoms with Crippen molar-refractivity contribution >= 4 is 29.4 Å². The van der Waals surface area contributed by atoms with E-state index in [1.807, 2.05) is 13.8 Å². The van der Waals surface area contributed by atoms with Gasteiger partial charge in [-0.25, -0.2) is 14.2 Å². The molecule has 0 aliphatic heterocycles. The van der Waals surface area contributed by atoms with E-state index in [1.165, 1.54) is 31.3 Å². The van der Waals surface area contributed by atoms with Gasteiger partial charge in [0.2, 0.25) is 5.88 Å².